The number of carbonyl (C=O) groups excluding carboxylic acids is 2. The first kappa shape index (κ1) is 18.5. The third-order valence-electron chi connectivity index (χ3n) is 3.32. The number of methoxy groups -OCH3 is 1. The number of ether oxygens (including phenoxy) is 2. The van der Waals surface area contributed by atoms with E-state index < -0.39 is 29.6 Å². The molecule has 0 aliphatic rings. The molecule has 1 atom stereocenters. The number of hydrogen-bond acceptors (Lipinski definition) is 4. The number of anilines is 1. The lowest BCUT2D eigenvalue weighted by molar-refractivity contribution is -0.123. The van der Waals surface area contributed by atoms with Crippen LogP contribution in [0.5, 0.6) is 0 Å². The van der Waals surface area contributed by atoms with E-state index in [9.17, 15) is 18.4 Å². The summed E-state index contributed by atoms with van der Waals surface area (Å²) in [5.41, 5.74) is 0.848. The monoisotopic (exact) mass is 349 g/mol. The minimum Gasteiger partial charge on any atom is -0.449 e. The summed E-state index contributed by atoms with van der Waals surface area (Å²) in [6.07, 6.45) is -1.16. The first-order valence-electron chi connectivity index (χ1n) is 7.45. The molecule has 0 fully saturated rings. The fourth-order valence-corrected chi connectivity index (χ4v) is 2.06. The van der Waals surface area contributed by atoms with E-state index in [1.807, 2.05) is 0 Å². The largest absolute Gasteiger partial charge is 0.449 e. The number of nitrogens with one attached hydrogen (secondary N) is 1. The molecule has 0 saturated heterocycles. The van der Waals surface area contributed by atoms with Crippen molar-refractivity contribution in [3.05, 3.63) is 65.2 Å². The quantitative estimate of drug-likeness (QED) is 0.813. The maximum atomic E-state index is 13.5. The molecule has 0 radical (unpaired) electrons. The van der Waals surface area contributed by atoms with Gasteiger partial charge in [-0.2, -0.15) is 0 Å². The summed E-state index contributed by atoms with van der Waals surface area (Å²) in [5.74, 6) is -3.10. The standard InChI is InChI=1S/C18H17F2NO4/c1-11(17(22)21-16-7-6-14(19)9-15(16)20)25-18(23)13-5-3-4-12(8-13)10-24-2/h3-9,11H,10H2,1-2H3,(H,21,22)/t11-/m1/s1. The second-order valence-electron chi connectivity index (χ2n) is 5.29. The second kappa shape index (κ2) is 8.34. The van der Waals surface area contributed by atoms with Crippen LogP contribution in [0.3, 0.4) is 0 Å². The van der Waals surface area contributed by atoms with Crippen molar-refractivity contribution in [1.82, 2.24) is 0 Å². The predicted octanol–water partition coefficient (Wildman–Crippen LogP) is 3.30. The highest BCUT2D eigenvalue weighted by atomic mass is 19.1. The number of esters is 1. The van der Waals surface area contributed by atoms with E-state index >= 15 is 0 Å². The Bertz CT molecular complexity index is 779. The van der Waals surface area contributed by atoms with Gasteiger partial charge in [0.1, 0.15) is 11.6 Å². The van der Waals surface area contributed by atoms with Crippen LogP contribution in [0.25, 0.3) is 0 Å². The molecular formula is C18H17F2NO4. The molecular weight excluding hydrogens is 332 g/mol. The maximum absolute atomic E-state index is 13.5. The first-order valence-corrected chi connectivity index (χ1v) is 7.45. The van der Waals surface area contributed by atoms with Gasteiger partial charge in [-0.05, 0) is 36.8 Å². The highest BCUT2D eigenvalue weighted by molar-refractivity contribution is 5.97. The molecule has 0 unspecified atom stereocenters. The Hall–Kier alpha value is -2.80. The average molecular weight is 349 g/mol. The van der Waals surface area contributed by atoms with Crippen LogP contribution in [0.4, 0.5) is 14.5 Å². The highest BCUT2D eigenvalue weighted by Crippen LogP contribution is 2.16. The molecule has 25 heavy (non-hydrogen) atoms. The Labute approximate surface area is 143 Å². The zero-order chi connectivity index (χ0) is 18.4. The minimum absolute atomic E-state index is 0.198. The fraction of sp³-hybridized carbons (Fsp3) is 0.222. The van der Waals surface area contributed by atoms with Crippen LogP contribution in [0.1, 0.15) is 22.8 Å². The van der Waals surface area contributed by atoms with Crippen LogP contribution in [-0.4, -0.2) is 25.1 Å². The Morgan fingerprint density at radius 2 is 1.92 bits per heavy atom. The molecule has 0 heterocycles. The molecule has 0 spiro atoms. The summed E-state index contributed by atoms with van der Waals surface area (Å²) in [7, 11) is 1.53. The summed E-state index contributed by atoms with van der Waals surface area (Å²) < 4.78 is 36.5. The van der Waals surface area contributed by atoms with Gasteiger partial charge in [-0.15, -0.1) is 0 Å². The first-order chi connectivity index (χ1) is 11.9. The Balaban J connectivity index is 2.00. The van der Waals surface area contributed by atoms with Crippen molar-refractivity contribution in [2.75, 3.05) is 12.4 Å². The average Bonchev–Trinajstić information content (AvgIpc) is 2.57. The van der Waals surface area contributed by atoms with Crippen LogP contribution in [-0.2, 0) is 20.9 Å². The number of halogens is 2. The van der Waals surface area contributed by atoms with Crippen molar-refractivity contribution in [3.8, 4) is 0 Å². The zero-order valence-corrected chi connectivity index (χ0v) is 13.7. The summed E-state index contributed by atoms with van der Waals surface area (Å²) in [4.78, 5) is 24.1. The van der Waals surface area contributed by atoms with E-state index in [0.717, 1.165) is 17.7 Å². The van der Waals surface area contributed by atoms with E-state index in [0.29, 0.717) is 12.7 Å². The van der Waals surface area contributed by atoms with Gasteiger partial charge in [0.05, 0.1) is 17.9 Å². The molecule has 0 aliphatic heterocycles. The van der Waals surface area contributed by atoms with Gasteiger partial charge in [-0.3, -0.25) is 4.79 Å². The van der Waals surface area contributed by atoms with Crippen LogP contribution in [0.2, 0.25) is 0 Å². The summed E-state index contributed by atoms with van der Waals surface area (Å²) in [6.45, 7) is 1.69. The van der Waals surface area contributed by atoms with Crippen molar-refractivity contribution in [3.63, 3.8) is 0 Å². The lowest BCUT2D eigenvalue weighted by Gasteiger charge is -2.14. The van der Waals surface area contributed by atoms with E-state index in [4.69, 9.17) is 9.47 Å². The molecule has 2 aromatic carbocycles. The molecule has 2 aromatic rings. The van der Waals surface area contributed by atoms with Crippen LogP contribution in [0, 0.1) is 11.6 Å². The molecule has 2 rings (SSSR count). The van der Waals surface area contributed by atoms with Crippen LogP contribution in [0.15, 0.2) is 42.5 Å². The van der Waals surface area contributed by atoms with E-state index in [2.05, 4.69) is 5.32 Å². The van der Waals surface area contributed by atoms with Crippen LogP contribution < -0.4 is 5.32 Å². The molecule has 0 aliphatic carbocycles. The number of rotatable bonds is 6. The molecule has 1 amide bonds. The van der Waals surface area contributed by atoms with E-state index in [1.54, 1.807) is 24.3 Å². The fourth-order valence-electron chi connectivity index (χ4n) is 2.06. The van der Waals surface area contributed by atoms with Gasteiger partial charge >= 0.3 is 5.97 Å². The van der Waals surface area contributed by atoms with E-state index in [-0.39, 0.29) is 11.3 Å². The van der Waals surface area contributed by atoms with Crippen molar-refractivity contribution >= 4 is 17.6 Å². The van der Waals surface area contributed by atoms with Gasteiger partial charge in [-0.1, -0.05) is 12.1 Å². The van der Waals surface area contributed by atoms with Gasteiger partial charge < -0.3 is 14.8 Å². The molecule has 1 N–H and O–H groups in total. The number of amides is 1. The van der Waals surface area contributed by atoms with Gasteiger partial charge in [-0.25, -0.2) is 13.6 Å². The Morgan fingerprint density at radius 3 is 2.60 bits per heavy atom. The van der Waals surface area contributed by atoms with Gasteiger partial charge in [0, 0.05) is 13.2 Å². The normalized spacial score (nSPS) is 11.7. The highest BCUT2D eigenvalue weighted by Gasteiger charge is 2.20. The van der Waals surface area contributed by atoms with Crippen molar-refractivity contribution in [2.45, 2.75) is 19.6 Å². The molecule has 0 aromatic heterocycles. The third kappa shape index (κ3) is 5.09. The number of benzene rings is 2. The Kier molecular flexibility index (Phi) is 6.19. The van der Waals surface area contributed by atoms with Crippen molar-refractivity contribution in [2.24, 2.45) is 0 Å². The zero-order valence-electron chi connectivity index (χ0n) is 13.7. The summed E-state index contributed by atoms with van der Waals surface area (Å²) in [6, 6.07) is 9.34. The molecule has 0 bridgehead atoms. The minimum atomic E-state index is -1.16. The third-order valence-corrected chi connectivity index (χ3v) is 3.32. The maximum Gasteiger partial charge on any atom is 0.338 e. The second-order valence-corrected chi connectivity index (χ2v) is 5.29. The lowest BCUT2D eigenvalue weighted by atomic mass is 10.1. The molecule has 5 nitrogen and oxygen atoms in total. The lowest BCUT2D eigenvalue weighted by Crippen LogP contribution is -2.30. The van der Waals surface area contributed by atoms with Gasteiger partial charge in [0.15, 0.2) is 6.10 Å². The SMILES string of the molecule is COCc1cccc(C(=O)O[C@H](C)C(=O)Nc2ccc(F)cc2F)c1. The van der Waals surface area contributed by atoms with Gasteiger partial charge in [0.25, 0.3) is 5.91 Å². The molecule has 0 saturated carbocycles. The van der Waals surface area contributed by atoms with Crippen molar-refractivity contribution in [1.29, 1.82) is 0 Å². The van der Waals surface area contributed by atoms with E-state index in [1.165, 1.54) is 14.0 Å². The Morgan fingerprint density at radius 1 is 1.16 bits per heavy atom. The van der Waals surface area contributed by atoms with Gasteiger partial charge in [0.2, 0.25) is 0 Å². The smallest absolute Gasteiger partial charge is 0.338 e. The predicted molar refractivity (Wildman–Crippen MR) is 87.0 cm³/mol. The number of carbonyl (C=O) groups is 2. The summed E-state index contributed by atoms with van der Waals surface area (Å²) in [5, 5.41) is 2.25. The number of hydrogen-bond donors (Lipinski definition) is 1. The van der Waals surface area contributed by atoms with Crippen LogP contribution >= 0.6 is 0 Å². The summed E-state index contributed by atoms with van der Waals surface area (Å²) >= 11 is 0. The molecule has 132 valence electrons. The topological polar surface area (TPSA) is 64.6 Å². The molecule has 7 heteroatoms. The van der Waals surface area contributed by atoms with Crippen molar-refractivity contribution < 1.29 is 27.8 Å².